The predicted molar refractivity (Wildman–Crippen MR) is 111 cm³/mol. The Morgan fingerprint density at radius 1 is 1.07 bits per heavy atom. The van der Waals surface area contributed by atoms with Crippen molar-refractivity contribution >= 4 is 27.8 Å². The number of aromatic amines is 2. The van der Waals surface area contributed by atoms with Crippen molar-refractivity contribution in [2.45, 2.75) is 25.7 Å². The number of amides is 1. The molecule has 0 spiro atoms. The molecule has 0 saturated heterocycles. The third-order valence-electron chi connectivity index (χ3n) is 4.90. The minimum absolute atomic E-state index is 0.00891. The van der Waals surface area contributed by atoms with Crippen LogP contribution in [0.15, 0.2) is 53.5 Å². The van der Waals surface area contributed by atoms with E-state index in [9.17, 15) is 14.0 Å². The van der Waals surface area contributed by atoms with Gasteiger partial charge in [-0.05, 0) is 43.2 Å². The number of rotatable bonds is 7. The van der Waals surface area contributed by atoms with Gasteiger partial charge >= 0.3 is 0 Å². The lowest BCUT2D eigenvalue weighted by molar-refractivity contribution is 0.0951. The first-order chi connectivity index (χ1) is 14.1. The first-order valence-electron chi connectivity index (χ1n) is 9.64. The number of pyridine rings is 1. The van der Waals surface area contributed by atoms with Gasteiger partial charge < -0.3 is 15.3 Å². The average Bonchev–Trinajstić information content (AvgIpc) is 3.14. The summed E-state index contributed by atoms with van der Waals surface area (Å²) in [5.41, 5.74) is 2.02. The lowest BCUT2D eigenvalue weighted by atomic mass is 10.1. The minimum Gasteiger partial charge on any atom is -0.360 e. The monoisotopic (exact) mass is 392 g/mol. The third kappa shape index (κ3) is 4.18. The van der Waals surface area contributed by atoms with Crippen LogP contribution in [-0.4, -0.2) is 27.4 Å². The van der Waals surface area contributed by atoms with E-state index in [2.05, 4.69) is 20.3 Å². The van der Waals surface area contributed by atoms with Gasteiger partial charge in [-0.3, -0.25) is 9.59 Å². The summed E-state index contributed by atoms with van der Waals surface area (Å²) < 4.78 is 13.4. The van der Waals surface area contributed by atoms with E-state index in [1.165, 1.54) is 18.3 Å². The molecule has 7 heteroatoms. The number of carbonyl (C=O) groups is 1. The summed E-state index contributed by atoms with van der Waals surface area (Å²) in [6.45, 7) is 0.472. The maximum absolute atomic E-state index is 13.4. The normalized spacial score (nSPS) is 11.2. The Balaban J connectivity index is 1.26. The number of unbranched alkanes of at least 4 members (excludes halogenated alkanes) is 2. The van der Waals surface area contributed by atoms with Gasteiger partial charge in [0.2, 0.25) is 5.43 Å². The van der Waals surface area contributed by atoms with Crippen molar-refractivity contribution < 1.29 is 9.18 Å². The molecule has 0 saturated carbocycles. The third-order valence-corrected chi connectivity index (χ3v) is 4.90. The highest BCUT2D eigenvalue weighted by Crippen LogP contribution is 2.12. The van der Waals surface area contributed by atoms with Crippen LogP contribution in [0.25, 0.3) is 21.9 Å². The largest absolute Gasteiger partial charge is 0.360 e. The molecule has 0 aliphatic carbocycles. The molecule has 0 aliphatic heterocycles. The average molecular weight is 392 g/mol. The molecule has 0 radical (unpaired) electrons. The first-order valence-corrected chi connectivity index (χ1v) is 9.64. The van der Waals surface area contributed by atoms with E-state index in [0.717, 1.165) is 48.6 Å². The summed E-state index contributed by atoms with van der Waals surface area (Å²) in [6.07, 6.45) is 4.90. The molecule has 4 aromatic rings. The van der Waals surface area contributed by atoms with Crippen LogP contribution in [0.2, 0.25) is 0 Å². The Morgan fingerprint density at radius 3 is 2.79 bits per heavy atom. The molecule has 0 unspecified atom stereocenters. The van der Waals surface area contributed by atoms with Crippen molar-refractivity contribution in [2.24, 2.45) is 0 Å². The number of imidazole rings is 1. The number of carbonyl (C=O) groups excluding carboxylic acids is 1. The molecular weight excluding hydrogens is 371 g/mol. The Labute approximate surface area is 166 Å². The summed E-state index contributed by atoms with van der Waals surface area (Å²) in [5, 5.41) is 2.93. The number of aryl methyl sites for hydroxylation is 1. The molecule has 6 nitrogen and oxygen atoms in total. The molecule has 0 aliphatic rings. The molecule has 4 rings (SSSR count). The van der Waals surface area contributed by atoms with E-state index in [4.69, 9.17) is 0 Å². The van der Waals surface area contributed by atoms with Crippen LogP contribution in [0.4, 0.5) is 4.39 Å². The Morgan fingerprint density at radius 2 is 1.93 bits per heavy atom. The fourth-order valence-corrected chi connectivity index (χ4v) is 3.37. The zero-order valence-electron chi connectivity index (χ0n) is 15.8. The molecule has 1 amide bonds. The summed E-state index contributed by atoms with van der Waals surface area (Å²) in [5.74, 6) is 0.00451. The summed E-state index contributed by atoms with van der Waals surface area (Å²) in [6, 6.07) is 11.8. The molecule has 0 atom stereocenters. The molecule has 148 valence electrons. The second-order valence-electron chi connectivity index (χ2n) is 6.99. The fraction of sp³-hybridized carbons (Fsp3) is 0.227. The molecule has 0 bridgehead atoms. The summed E-state index contributed by atoms with van der Waals surface area (Å²) >= 11 is 0. The van der Waals surface area contributed by atoms with Crippen LogP contribution in [-0.2, 0) is 6.42 Å². The highest BCUT2D eigenvalue weighted by Gasteiger charge is 2.13. The number of hydrogen-bond donors (Lipinski definition) is 3. The van der Waals surface area contributed by atoms with Gasteiger partial charge in [-0.2, -0.15) is 0 Å². The molecule has 2 aromatic carbocycles. The van der Waals surface area contributed by atoms with Gasteiger partial charge in [-0.15, -0.1) is 0 Å². The topological polar surface area (TPSA) is 90.6 Å². The summed E-state index contributed by atoms with van der Waals surface area (Å²) in [7, 11) is 0. The molecule has 3 N–H and O–H groups in total. The van der Waals surface area contributed by atoms with Gasteiger partial charge in [-0.1, -0.05) is 18.6 Å². The number of halogens is 1. The number of hydrogen-bond acceptors (Lipinski definition) is 3. The van der Waals surface area contributed by atoms with Gasteiger partial charge in [0, 0.05) is 30.1 Å². The Bertz CT molecular complexity index is 1200. The van der Waals surface area contributed by atoms with Crippen LogP contribution in [0.1, 0.15) is 35.4 Å². The Kier molecular flexibility index (Phi) is 5.37. The summed E-state index contributed by atoms with van der Waals surface area (Å²) in [4.78, 5) is 35.5. The van der Waals surface area contributed by atoms with E-state index in [1.54, 1.807) is 0 Å². The molecule has 0 fully saturated rings. The molecular formula is C22H21FN4O2. The maximum atomic E-state index is 13.4. The Hall–Kier alpha value is -3.48. The van der Waals surface area contributed by atoms with Crippen LogP contribution in [0, 0.1) is 5.82 Å². The van der Waals surface area contributed by atoms with Crippen molar-refractivity contribution in [1.82, 2.24) is 20.3 Å². The number of H-pyrrole nitrogens is 2. The van der Waals surface area contributed by atoms with E-state index in [0.29, 0.717) is 12.1 Å². The van der Waals surface area contributed by atoms with E-state index >= 15 is 0 Å². The molecule has 29 heavy (non-hydrogen) atoms. The SMILES string of the molecule is O=C(NCCCCCc1nc2ccccc2[nH]1)c1c[nH]c2ccc(F)cc2c1=O. The number of nitrogens with one attached hydrogen (secondary N) is 3. The smallest absolute Gasteiger partial charge is 0.256 e. The van der Waals surface area contributed by atoms with E-state index in [1.807, 2.05) is 24.3 Å². The maximum Gasteiger partial charge on any atom is 0.256 e. The minimum atomic E-state index is -0.509. The standard InChI is InChI=1S/C22H21FN4O2/c23-14-9-10-17-15(12-14)21(28)16(13-25-17)22(29)24-11-5-1-2-8-20-26-18-6-3-4-7-19(18)27-20/h3-4,6-7,9-10,12-13H,1-2,5,8,11H2,(H,24,29)(H,25,28)(H,26,27). The predicted octanol–water partition coefficient (Wildman–Crippen LogP) is 3.69. The van der Waals surface area contributed by atoms with Crippen molar-refractivity contribution in [3.63, 3.8) is 0 Å². The van der Waals surface area contributed by atoms with E-state index in [-0.39, 0.29) is 10.9 Å². The first kappa shape index (κ1) is 18.9. The van der Waals surface area contributed by atoms with E-state index < -0.39 is 17.2 Å². The van der Waals surface area contributed by atoms with Gasteiger partial charge in [0.05, 0.1) is 11.0 Å². The van der Waals surface area contributed by atoms with Gasteiger partial charge in [-0.25, -0.2) is 9.37 Å². The number of aromatic nitrogens is 3. The van der Waals surface area contributed by atoms with Crippen molar-refractivity contribution in [3.05, 3.63) is 76.1 Å². The highest BCUT2D eigenvalue weighted by atomic mass is 19.1. The van der Waals surface area contributed by atoms with Crippen LogP contribution < -0.4 is 10.7 Å². The lowest BCUT2D eigenvalue weighted by Gasteiger charge is -2.06. The molecule has 2 heterocycles. The second kappa shape index (κ2) is 8.26. The van der Waals surface area contributed by atoms with Crippen molar-refractivity contribution in [3.8, 4) is 0 Å². The van der Waals surface area contributed by atoms with Crippen LogP contribution in [0.3, 0.4) is 0 Å². The number of nitrogens with zero attached hydrogens (tertiary/aromatic N) is 1. The zero-order chi connectivity index (χ0) is 20.2. The van der Waals surface area contributed by atoms with Gasteiger partial charge in [0.25, 0.3) is 5.91 Å². The number of para-hydroxylation sites is 2. The second-order valence-corrected chi connectivity index (χ2v) is 6.99. The fourth-order valence-electron chi connectivity index (χ4n) is 3.37. The van der Waals surface area contributed by atoms with Gasteiger partial charge in [0.1, 0.15) is 17.2 Å². The van der Waals surface area contributed by atoms with Crippen LogP contribution in [0.5, 0.6) is 0 Å². The number of fused-ring (bicyclic) bond motifs is 2. The number of benzene rings is 2. The van der Waals surface area contributed by atoms with Crippen molar-refractivity contribution in [2.75, 3.05) is 6.54 Å². The molecule has 2 aromatic heterocycles. The zero-order valence-corrected chi connectivity index (χ0v) is 15.8. The van der Waals surface area contributed by atoms with Crippen LogP contribution >= 0.6 is 0 Å². The quantitative estimate of drug-likeness (QED) is 0.419. The van der Waals surface area contributed by atoms with Gasteiger partial charge in [0.15, 0.2) is 0 Å². The highest BCUT2D eigenvalue weighted by molar-refractivity contribution is 5.97. The lowest BCUT2D eigenvalue weighted by Crippen LogP contribution is -2.29. The van der Waals surface area contributed by atoms with Crippen molar-refractivity contribution in [1.29, 1.82) is 0 Å².